The predicted molar refractivity (Wildman–Crippen MR) is 77.8 cm³/mol. The van der Waals surface area contributed by atoms with Crippen LogP contribution in [-0.4, -0.2) is 38.6 Å². The molecule has 6 heteroatoms. The van der Waals surface area contributed by atoms with Gasteiger partial charge in [0, 0.05) is 6.54 Å². The van der Waals surface area contributed by atoms with Gasteiger partial charge in [0.25, 0.3) is 0 Å². The van der Waals surface area contributed by atoms with Gasteiger partial charge in [0.1, 0.15) is 5.75 Å². The Labute approximate surface area is 118 Å². The van der Waals surface area contributed by atoms with Crippen molar-refractivity contribution in [1.29, 1.82) is 0 Å². The molecule has 0 saturated heterocycles. The fraction of sp³-hybridized carbons (Fsp3) is 0.429. The summed E-state index contributed by atoms with van der Waals surface area (Å²) in [5.74, 6) is 0.260. The van der Waals surface area contributed by atoms with Gasteiger partial charge < -0.3 is 15.4 Å². The van der Waals surface area contributed by atoms with E-state index in [4.69, 9.17) is 4.74 Å². The average Bonchev–Trinajstić information content (AvgIpc) is 2.45. The number of hydrogen-bond donors (Lipinski definition) is 3. The van der Waals surface area contributed by atoms with Crippen LogP contribution in [0.3, 0.4) is 0 Å². The minimum atomic E-state index is -0.224. The number of carbonyl (C=O) groups excluding carboxylic acids is 2. The monoisotopic (exact) mass is 279 g/mol. The maximum atomic E-state index is 11.7. The molecule has 0 aliphatic heterocycles. The lowest BCUT2D eigenvalue weighted by Crippen LogP contribution is -2.37. The third-order valence-electron chi connectivity index (χ3n) is 2.52. The normalized spacial score (nSPS) is 9.90. The SMILES string of the molecule is CCCNC(=O)CNCC(=O)Nc1ccccc1OC. The highest BCUT2D eigenvalue weighted by Gasteiger charge is 2.07. The Bertz CT molecular complexity index is 449. The van der Waals surface area contributed by atoms with E-state index in [-0.39, 0.29) is 24.9 Å². The van der Waals surface area contributed by atoms with Crippen molar-refractivity contribution in [3.63, 3.8) is 0 Å². The Hall–Kier alpha value is -2.08. The van der Waals surface area contributed by atoms with E-state index in [1.807, 2.05) is 19.1 Å². The summed E-state index contributed by atoms with van der Waals surface area (Å²) in [6.45, 7) is 2.82. The van der Waals surface area contributed by atoms with Crippen LogP contribution in [0.5, 0.6) is 5.75 Å². The second-order valence-corrected chi connectivity index (χ2v) is 4.20. The van der Waals surface area contributed by atoms with Gasteiger partial charge in [0.15, 0.2) is 0 Å². The summed E-state index contributed by atoms with van der Waals surface area (Å²) in [7, 11) is 1.54. The zero-order valence-electron chi connectivity index (χ0n) is 11.9. The van der Waals surface area contributed by atoms with Crippen molar-refractivity contribution in [1.82, 2.24) is 10.6 Å². The van der Waals surface area contributed by atoms with E-state index in [2.05, 4.69) is 16.0 Å². The summed E-state index contributed by atoms with van der Waals surface area (Å²) < 4.78 is 5.13. The number of ether oxygens (including phenoxy) is 1. The molecule has 6 nitrogen and oxygen atoms in total. The van der Waals surface area contributed by atoms with E-state index in [1.54, 1.807) is 19.2 Å². The van der Waals surface area contributed by atoms with Crippen molar-refractivity contribution < 1.29 is 14.3 Å². The number of rotatable bonds is 8. The molecular weight excluding hydrogens is 258 g/mol. The number of para-hydroxylation sites is 2. The van der Waals surface area contributed by atoms with Crippen LogP contribution >= 0.6 is 0 Å². The van der Waals surface area contributed by atoms with E-state index in [1.165, 1.54) is 0 Å². The zero-order chi connectivity index (χ0) is 14.8. The van der Waals surface area contributed by atoms with Crippen molar-refractivity contribution in [3.8, 4) is 5.75 Å². The molecule has 3 N–H and O–H groups in total. The highest BCUT2D eigenvalue weighted by molar-refractivity contribution is 5.94. The Kier molecular flexibility index (Phi) is 7.13. The van der Waals surface area contributed by atoms with Crippen LogP contribution in [0.2, 0.25) is 0 Å². The third-order valence-corrected chi connectivity index (χ3v) is 2.52. The van der Waals surface area contributed by atoms with Crippen LogP contribution < -0.4 is 20.7 Å². The summed E-state index contributed by atoms with van der Waals surface area (Å²) in [6, 6.07) is 7.15. The molecule has 0 unspecified atom stereocenters. The van der Waals surface area contributed by atoms with Gasteiger partial charge in [0.2, 0.25) is 11.8 Å². The molecule has 0 spiro atoms. The molecule has 2 amide bonds. The van der Waals surface area contributed by atoms with Crippen molar-refractivity contribution in [2.45, 2.75) is 13.3 Å². The lowest BCUT2D eigenvalue weighted by atomic mass is 10.3. The van der Waals surface area contributed by atoms with Crippen molar-refractivity contribution in [2.75, 3.05) is 32.1 Å². The van der Waals surface area contributed by atoms with Gasteiger partial charge in [-0.1, -0.05) is 19.1 Å². The third kappa shape index (κ3) is 5.71. The first-order valence-corrected chi connectivity index (χ1v) is 6.57. The minimum absolute atomic E-state index is 0.0671. The number of nitrogens with one attached hydrogen (secondary N) is 3. The molecule has 110 valence electrons. The van der Waals surface area contributed by atoms with Crippen LogP contribution in [0.4, 0.5) is 5.69 Å². The molecule has 0 atom stereocenters. The topological polar surface area (TPSA) is 79.5 Å². The first kappa shape index (κ1) is 16.0. The highest BCUT2D eigenvalue weighted by Crippen LogP contribution is 2.22. The summed E-state index contributed by atoms with van der Waals surface area (Å²) >= 11 is 0. The smallest absolute Gasteiger partial charge is 0.238 e. The van der Waals surface area contributed by atoms with Gasteiger partial charge in [-0.15, -0.1) is 0 Å². The molecule has 0 bridgehead atoms. The van der Waals surface area contributed by atoms with E-state index >= 15 is 0 Å². The lowest BCUT2D eigenvalue weighted by molar-refractivity contribution is -0.120. The van der Waals surface area contributed by atoms with Gasteiger partial charge in [-0.05, 0) is 18.6 Å². The molecule has 0 aliphatic carbocycles. The van der Waals surface area contributed by atoms with E-state index in [0.29, 0.717) is 18.0 Å². The maximum absolute atomic E-state index is 11.7. The second kappa shape index (κ2) is 8.92. The molecule has 0 saturated carbocycles. The first-order chi connectivity index (χ1) is 9.67. The fourth-order valence-electron chi connectivity index (χ4n) is 1.56. The van der Waals surface area contributed by atoms with Gasteiger partial charge in [-0.3, -0.25) is 14.9 Å². The number of carbonyl (C=O) groups is 2. The standard InChI is InChI=1S/C14H21N3O3/c1-3-8-16-13(18)9-15-10-14(19)17-11-6-4-5-7-12(11)20-2/h4-7,15H,3,8-10H2,1-2H3,(H,16,18)(H,17,19). The number of amides is 2. The number of benzene rings is 1. The molecule has 0 aromatic heterocycles. The summed E-state index contributed by atoms with van der Waals surface area (Å²) in [6.07, 6.45) is 0.889. The molecule has 0 radical (unpaired) electrons. The molecule has 20 heavy (non-hydrogen) atoms. The second-order valence-electron chi connectivity index (χ2n) is 4.20. The van der Waals surface area contributed by atoms with Crippen LogP contribution in [0.15, 0.2) is 24.3 Å². The van der Waals surface area contributed by atoms with E-state index in [0.717, 1.165) is 6.42 Å². The van der Waals surface area contributed by atoms with E-state index in [9.17, 15) is 9.59 Å². The Morgan fingerprint density at radius 1 is 1.15 bits per heavy atom. The van der Waals surface area contributed by atoms with Crippen molar-refractivity contribution in [3.05, 3.63) is 24.3 Å². The van der Waals surface area contributed by atoms with Crippen molar-refractivity contribution >= 4 is 17.5 Å². The van der Waals surface area contributed by atoms with Crippen molar-refractivity contribution in [2.24, 2.45) is 0 Å². The van der Waals surface area contributed by atoms with Gasteiger partial charge >= 0.3 is 0 Å². The number of hydrogen-bond acceptors (Lipinski definition) is 4. The van der Waals surface area contributed by atoms with Gasteiger partial charge in [-0.25, -0.2) is 0 Å². The fourth-order valence-corrected chi connectivity index (χ4v) is 1.56. The zero-order valence-corrected chi connectivity index (χ0v) is 11.9. The summed E-state index contributed by atoms with van der Waals surface area (Å²) in [4.78, 5) is 23.0. The minimum Gasteiger partial charge on any atom is -0.495 e. The van der Waals surface area contributed by atoms with E-state index < -0.39 is 0 Å². The molecule has 1 aromatic carbocycles. The number of anilines is 1. The molecule has 0 fully saturated rings. The molecule has 1 aromatic rings. The van der Waals surface area contributed by atoms with Crippen LogP contribution in [-0.2, 0) is 9.59 Å². The Morgan fingerprint density at radius 2 is 1.85 bits per heavy atom. The largest absolute Gasteiger partial charge is 0.495 e. The predicted octanol–water partition coefficient (Wildman–Crippen LogP) is 0.749. The summed E-state index contributed by atoms with van der Waals surface area (Å²) in [5.41, 5.74) is 0.609. The quantitative estimate of drug-likeness (QED) is 0.656. The molecule has 1 rings (SSSR count). The summed E-state index contributed by atoms with van der Waals surface area (Å²) in [5, 5.41) is 8.23. The Morgan fingerprint density at radius 3 is 2.55 bits per heavy atom. The van der Waals surface area contributed by atoms with Gasteiger partial charge in [-0.2, -0.15) is 0 Å². The molecule has 0 heterocycles. The first-order valence-electron chi connectivity index (χ1n) is 6.57. The Balaban J connectivity index is 2.31. The highest BCUT2D eigenvalue weighted by atomic mass is 16.5. The average molecular weight is 279 g/mol. The van der Waals surface area contributed by atoms with Crippen LogP contribution in [0, 0.1) is 0 Å². The molecule has 0 aliphatic rings. The van der Waals surface area contributed by atoms with Gasteiger partial charge in [0.05, 0.1) is 25.9 Å². The maximum Gasteiger partial charge on any atom is 0.238 e. The molecular formula is C14H21N3O3. The number of methoxy groups -OCH3 is 1. The van der Waals surface area contributed by atoms with Crippen LogP contribution in [0.25, 0.3) is 0 Å². The lowest BCUT2D eigenvalue weighted by Gasteiger charge is -2.10. The van der Waals surface area contributed by atoms with Crippen LogP contribution in [0.1, 0.15) is 13.3 Å².